The molecule has 22 heavy (non-hydrogen) atoms. The molecular weight excluding hydrogens is 306 g/mol. The van der Waals surface area contributed by atoms with Crippen molar-refractivity contribution in [3.63, 3.8) is 0 Å². The molecule has 0 bridgehead atoms. The summed E-state index contributed by atoms with van der Waals surface area (Å²) >= 11 is 0. The minimum absolute atomic E-state index is 0.0846. The molecule has 2 rings (SSSR count). The molecule has 1 atom stereocenters. The predicted molar refractivity (Wildman–Crippen MR) is 81.2 cm³/mol. The fourth-order valence-electron chi connectivity index (χ4n) is 2.02. The molecule has 0 saturated heterocycles. The maximum atomic E-state index is 12.3. The van der Waals surface area contributed by atoms with Gasteiger partial charge >= 0.3 is 0 Å². The Balaban J connectivity index is 2.04. The maximum absolute atomic E-state index is 12.3. The lowest BCUT2D eigenvalue weighted by molar-refractivity contribution is 0.141. The highest BCUT2D eigenvalue weighted by Crippen LogP contribution is 2.24. The molecule has 7 heteroatoms. The van der Waals surface area contributed by atoms with E-state index >= 15 is 0 Å². The maximum Gasteiger partial charge on any atom is 0.244 e. The number of nitrogens with one attached hydrogen (secondary N) is 1. The third kappa shape index (κ3) is 3.88. The van der Waals surface area contributed by atoms with Crippen LogP contribution in [0.2, 0.25) is 0 Å². The Morgan fingerprint density at radius 3 is 2.77 bits per heavy atom. The monoisotopic (exact) mass is 325 g/mol. The van der Waals surface area contributed by atoms with Crippen molar-refractivity contribution in [1.29, 1.82) is 0 Å². The van der Waals surface area contributed by atoms with Gasteiger partial charge in [0.25, 0.3) is 0 Å². The van der Waals surface area contributed by atoms with E-state index in [1.807, 2.05) is 0 Å². The topological polar surface area (TPSA) is 88.8 Å². The van der Waals surface area contributed by atoms with Crippen molar-refractivity contribution in [2.45, 2.75) is 24.3 Å². The van der Waals surface area contributed by atoms with E-state index in [0.717, 1.165) is 5.56 Å². The number of methoxy groups -OCH3 is 1. The summed E-state index contributed by atoms with van der Waals surface area (Å²) in [7, 11) is -2.29. The molecule has 0 saturated carbocycles. The molecule has 0 radical (unpaired) electrons. The quantitative estimate of drug-likeness (QED) is 0.813. The van der Waals surface area contributed by atoms with E-state index in [0.29, 0.717) is 5.76 Å². The van der Waals surface area contributed by atoms with Crippen molar-refractivity contribution in [1.82, 2.24) is 4.72 Å². The van der Waals surface area contributed by atoms with Crippen molar-refractivity contribution < 1.29 is 22.7 Å². The first-order valence-electron chi connectivity index (χ1n) is 6.80. The van der Waals surface area contributed by atoms with Gasteiger partial charge in [-0.25, -0.2) is 13.1 Å². The summed E-state index contributed by atoms with van der Waals surface area (Å²) in [4.78, 5) is 0.0856. The van der Waals surface area contributed by atoms with Gasteiger partial charge in [0, 0.05) is 6.54 Å². The zero-order valence-electron chi connectivity index (χ0n) is 12.4. The van der Waals surface area contributed by atoms with E-state index in [-0.39, 0.29) is 23.6 Å². The highest BCUT2D eigenvalue weighted by Gasteiger charge is 2.20. The first kappa shape index (κ1) is 16.5. The molecule has 1 heterocycles. The lowest BCUT2D eigenvalue weighted by Gasteiger charge is -2.12. The number of rotatable bonds is 7. The van der Waals surface area contributed by atoms with Crippen LogP contribution >= 0.6 is 0 Å². The summed E-state index contributed by atoms with van der Waals surface area (Å²) in [5.41, 5.74) is 0.816. The number of hydrogen-bond acceptors (Lipinski definition) is 5. The van der Waals surface area contributed by atoms with Crippen LogP contribution in [0.3, 0.4) is 0 Å². The van der Waals surface area contributed by atoms with Crippen molar-refractivity contribution in [3.05, 3.63) is 47.9 Å². The number of aryl methyl sites for hydroxylation is 1. The van der Waals surface area contributed by atoms with Crippen molar-refractivity contribution in [2.75, 3.05) is 13.7 Å². The van der Waals surface area contributed by atoms with Crippen LogP contribution in [0, 0.1) is 6.92 Å². The second-order valence-corrected chi connectivity index (χ2v) is 6.61. The van der Waals surface area contributed by atoms with E-state index in [1.165, 1.54) is 13.4 Å². The first-order chi connectivity index (χ1) is 10.4. The van der Waals surface area contributed by atoms with Crippen LogP contribution in [0.15, 0.2) is 45.9 Å². The van der Waals surface area contributed by atoms with E-state index in [1.54, 1.807) is 37.3 Å². The Morgan fingerprint density at radius 1 is 1.36 bits per heavy atom. The Hall–Kier alpha value is -1.83. The molecular formula is C15H19NO5S. The first-order valence-corrected chi connectivity index (χ1v) is 8.28. The fraction of sp³-hybridized carbons (Fsp3) is 0.333. The van der Waals surface area contributed by atoms with Crippen LogP contribution < -0.4 is 9.46 Å². The molecule has 0 spiro atoms. The van der Waals surface area contributed by atoms with Gasteiger partial charge in [0.05, 0.1) is 13.4 Å². The van der Waals surface area contributed by atoms with Crippen molar-refractivity contribution in [3.8, 4) is 5.75 Å². The number of furan rings is 1. The zero-order valence-corrected chi connectivity index (χ0v) is 13.3. The second-order valence-electron chi connectivity index (χ2n) is 4.87. The van der Waals surface area contributed by atoms with Crippen LogP contribution in [0.4, 0.5) is 0 Å². The van der Waals surface area contributed by atoms with Gasteiger partial charge in [-0.3, -0.25) is 0 Å². The van der Waals surface area contributed by atoms with Crippen LogP contribution in [0.1, 0.15) is 23.8 Å². The van der Waals surface area contributed by atoms with Gasteiger partial charge in [-0.2, -0.15) is 0 Å². The minimum Gasteiger partial charge on any atom is -0.495 e. The second kappa shape index (κ2) is 6.95. The molecule has 0 aliphatic carbocycles. The number of benzene rings is 1. The van der Waals surface area contributed by atoms with Gasteiger partial charge in [-0.05, 0) is 43.2 Å². The summed E-state index contributed by atoms with van der Waals surface area (Å²) < 4.78 is 37.3. The molecule has 6 nitrogen and oxygen atoms in total. The lowest BCUT2D eigenvalue weighted by atomic mass is 10.2. The number of ether oxygens (including phenoxy) is 1. The van der Waals surface area contributed by atoms with Gasteiger partial charge in [0.15, 0.2) is 0 Å². The van der Waals surface area contributed by atoms with Gasteiger partial charge in [0.1, 0.15) is 22.5 Å². The molecule has 1 unspecified atom stereocenters. The molecule has 0 aliphatic rings. The number of aliphatic hydroxyl groups is 1. The van der Waals surface area contributed by atoms with Crippen LogP contribution in [0.25, 0.3) is 0 Å². The van der Waals surface area contributed by atoms with Crippen molar-refractivity contribution in [2.24, 2.45) is 0 Å². The van der Waals surface area contributed by atoms with Crippen LogP contribution in [-0.2, 0) is 10.0 Å². The zero-order chi connectivity index (χ0) is 16.2. The Kier molecular flexibility index (Phi) is 5.23. The summed E-state index contributed by atoms with van der Waals surface area (Å²) in [5.74, 6) is 0.692. The Morgan fingerprint density at radius 2 is 2.14 bits per heavy atom. The number of aliphatic hydroxyl groups excluding tert-OH is 1. The van der Waals surface area contributed by atoms with Crippen molar-refractivity contribution >= 4 is 10.0 Å². The highest BCUT2D eigenvalue weighted by molar-refractivity contribution is 7.89. The van der Waals surface area contributed by atoms with Gasteiger partial charge in [0.2, 0.25) is 10.0 Å². The molecule has 1 aromatic heterocycles. The molecule has 0 fully saturated rings. The van der Waals surface area contributed by atoms with E-state index < -0.39 is 16.1 Å². The average Bonchev–Trinajstić information content (AvgIpc) is 3.01. The normalized spacial score (nSPS) is 13.0. The average molecular weight is 325 g/mol. The van der Waals surface area contributed by atoms with Gasteiger partial charge in [-0.1, -0.05) is 6.07 Å². The molecule has 1 aromatic carbocycles. The summed E-state index contributed by atoms with van der Waals surface area (Å²) in [6.45, 7) is 1.89. The largest absolute Gasteiger partial charge is 0.495 e. The molecule has 2 N–H and O–H groups in total. The van der Waals surface area contributed by atoms with E-state index in [4.69, 9.17) is 9.15 Å². The minimum atomic E-state index is -3.71. The summed E-state index contributed by atoms with van der Waals surface area (Å²) in [6.07, 6.45) is 0.818. The summed E-state index contributed by atoms with van der Waals surface area (Å²) in [5, 5.41) is 9.87. The van der Waals surface area contributed by atoms with E-state index in [9.17, 15) is 13.5 Å². The third-order valence-corrected chi connectivity index (χ3v) is 4.67. The van der Waals surface area contributed by atoms with Crippen LogP contribution in [0.5, 0.6) is 5.75 Å². The SMILES string of the molecule is COc1ccc(C)cc1S(=O)(=O)NCCC(O)c1ccco1. The highest BCUT2D eigenvalue weighted by atomic mass is 32.2. The number of sulfonamides is 1. The summed E-state index contributed by atoms with van der Waals surface area (Å²) in [6, 6.07) is 8.24. The molecule has 0 amide bonds. The third-order valence-electron chi connectivity index (χ3n) is 3.19. The molecule has 0 aliphatic heterocycles. The molecule has 120 valence electrons. The van der Waals surface area contributed by atoms with E-state index in [2.05, 4.69) is 4.72 Å². The predicted octanol–water partition coefficient (Wildman–Crippen LogP) is 2.00. The Bertz CT molecular complexity index is 710. The smallest absolute Gasteiger partial charge is 0.244 e. The van der Waals surface area contributed by atoms with Gasteiger partial charge in [-0.15, -0.1) is 0 Å². The fourth-order valence-corrected chi connectivity index (χ4v) is 3.32. The molecule has 2 aromatic rings. The van der Waals surface area contributed by atoms with Crippen LogP contribution in [-0.4, -0.2) is 27.2 Å². The number of hydrogen-bond donors (Lipinski definition) is 2. The Labute approximate surface area is 129 Å². The lowest BCUT2D eigenvalue weighted by Crippen LogP contribution is -2.26. The van der Waals surface area contributed by atoms with Gasteiger partial charge < -0.3 is 14.3 Å². The standard InChI is InChI=1S/C15H19NO5S/c1-11-5-6-14(20-2)15(10-11)22(18,19)16-8-7-12(17)13-4-3-9-21-13/h3-6,9-10,12,16-17H,7-8H2,1-2H3.